The van der Waals surface area contributed by atoms with Crippen LogP contribution in [-0.4, -0.2) is 39.7 Å². The van der Waals surface area contributed by atoms with Crippen molar-refractivity contribution >= 4 is 29.3 Å². The summed E-state index contributed by atoms with van der Waals surface area (Å²) in [5, 5.41) is 10.00. The maximum absolute atomic E-state index is 13.2. The van der Waals surface area contributed by atoms with Crippen LogP contribution in [0.5, 0.6) is 5.75 Å². The minimum atomic E-state index is -1.33. The molecule has 0 unspecified atom stereocenters. The van der Waals surface area contributed by atoms with E-state index in [1.54, 1.807) is 17.0 Å². The summed E-state index contributed by atoms with van der Waals surface area (Å²) in [5.74, 6) is -0.465. The number of halogens is 1. The van der Waals surface area contributed by atoms with Gasteiger partial charge in [-0.3, -0.25) is 4.90 Å². The maximum Gasteiger partial charge on any atom is 0.347 e. The number of carbonyl (C=O) groups is 2. The molecule has 0 spiro atoms. The molecule has 0 bridgehead atoms. The molecule has 0 aliphatic carbocycles. The minimum Gasteiger partial charge on any atom is -0.478 e. The molecule has 0 saturated carbocycles. The van der Waals surface area contributed by atoms with Gasteiger partial charge in [0.05, 0.1) is 12.1 Å². The molecule has 0 aromatic heterocycles. The van der Waals surface area contributed by atoms with Gasteiger partial charge in [-0.25, -0.2) is 9.59 Å². The molecule has 7 heteroatoms. The number of aryl methyl sites for hydroxylation is 2. The van der Waals surface area contributed by atoms with E-state index in [1.807, 2.05) is 56.9 Å². The van der Waals surface area contributed by atoms with Crippen LogP contribution in [0, 0.1) is 13.8 Å². The van der Waals surface area contributed by atoms with E-state index in [-0.39, 0.29) is 11.6 Å². The number of rotatable bonds is 6. The van der Waals surface area contributed by atoms with Crippen molar-refractivity contribution in [2.24, 2.45) is 0 Å². The predicted octanol–water partition coefficient (Wildman–Crippen LogP) is 5.42. The molecule has 1 saturated heterocycles. The predicted molar refractivity (Wildman–Crippen MR) is 122 cm³/mol. The number of ether oxygens (including phenoxy) is 1. The van der Waals surface area contributed by atoms with E-state index in [0.717, 1.165) is 22.4 Å². The third-order valence-corrected chi connectivity index (χ3v) is 5.86. The van der Waals surface area contributed by atoms with Crippen LogP contribution in [0.3, 0.4) is 0 Å². The lowest BCUT2D eigenvalue weighted by molar-refractivity contribution is -0.152. The fraction of sp³-hybridized carbons (Fsp3) is 0.417. The molecule has 2 aromatic carbocycles. The highest BCUT2D eigenvalue weighted by molar-refractivity contribution is 6.30. The fourth-order valence-electron chi connectivity index (χ4n) is 3.82. The maximum atomic E-state index is 13.2. The smallest absolute Gasteiger partial charge is 0.347 e. The molecule has 1 aliphatic rings. The Labute approximate surface area is 188 Å². The molecule has 6 nitrogen and oxygen atoms in total. The quantitative estimate of drug-likeness (QED) is 0.645. The Morgan fingerprint density at radius 3 is 2.23 bits per heavy atom. The molecule has 1 aliphatic heterocycles. The number of carbonyl (C=O) groups excluding carboxylic acids is 1. The van der Waals surface area contributed by atoms with Gasteiger partial charge >= 0.3 is 12.0 Å². The Hall–Kier alpha value is -2.73. The molecule has 1 fully saturated rings. The average Bonchev–Trinajstić information content (AvgIpc) is 2.89. The van der Waals surface area contributed by atoms with Crippen LogP contribution >= 0.6 is 11.6 Å². The zero-order valence-corrected chi connectivity index (χ0v) is 19.6. The van der Waals surface area contributed by atoms with E-state index >= 15 is 0 Å². The number of hydrogen-bond donors (Lipinski definition) is 1. The highest BCUT2D eigenvalue weighted by Gasteiger charge is 2.43. The van der Waals surface area contributed by atoms with Gasteiger partial charge in [0.15, 0.2) is 5.60 Å². The zero-order valence-electron chi connectivity index (χ0n) is 18.8. The van der Waals surface area contributed by atoms with Crippen molar-refractivity contribution in [3.05, 3.63) is 58.1 Å². The van der Waals surface area contributed by atoms with Gasteiger partial charge < -0.3 is 14.7 Å². The largest absolute Gasteiger partial charge is 0.478 e. The third kappa shape index (κ3) is 4.64. The number of amides is 2. The average molecular weight is 445 g/mol. The summed E-state index contributed by atoms with van der Waals surface area (Å²) in [6, 6.07) is 11.1. The number of hydrogen-bond acceptors (Lipinski definition) is 3. The topological polar surface area (TPSA) is 70.1 Å². The van der Waals surface area contributed by atoms with Crippen molar-refractivity contribution < 1.29 is 19.4 Å². The first-order chi connectivity index (χ1) is 14.3. The van der Waals surface area contributed by atoms with Gasteiger partial charge in [0.2, 0.25) is 0 Å². The zero-order chi connectivity index (χ0) is 23.1. The summed E-state index contributed by atoms with van der Waals surface area (Å²) >= 11 is 5.99. The molecular weight excluding hydrogens is 416 g/mol. The Morgan fingerprint density at radius 2 is 1.71 bits per heavy atom. The van der Waals surface area contributed by atoms with Crippen molar-refractivity contribution in [2.45, 2.75) is 59.2 Å². The van der Waals surface area contributed by atoms with E-state index in [0.29, 0.717) is 23.9 Å². The molecule has 166 valence electrons. The minimum absolute atomic E-state index is 0.0602. The summed E-state index contributed by atoms with van der Waals surface area (Å²) in [5.41, 5.74) is 1.76. The number of urea groups is 1. The van der Waals surface area contributed by atoms with Gasteiger partial charge in [0.1, 0.15) is 5.75 Å². The summed E-state index contributed by atoms with van der Waals surface area (Å²) < 4.78 is 5.80. The summed E-state index contributed by atoms with van der Waals surface area (Å²) in [7, 11) is 0. The molecule has 2 amide bonds. The number of benzene rings is 2. The molecule has 0 radical (unpaired) electrons. The normalized spacial score (nSPS) is 16.0. The molecule has 1 heterocycles. The van der Waals surface area contributed by atoms with Crippen molar-refractivity contribution in [3.63, 3.8) is 0 Å². The summed E-state index contributed by atoms with van der Waals surface area (Å²) in [6.45, 7) is 11.9. The summed E-state index contributed by atoms with van der Waals surface area (Å²) in [6.07, 6.45) is 0. The van der Waals surface area contributed by atoms with Crippen LogP contribution in [0.4, 0.5) is 10.5 Å². The molecule has 1 N–H and O–H groups in total. The van der Waals surface area contributed by atoms with E-state index < -0.39 is 11.6 Å². The van der Waals surface area contributed by atoms with Gasteiger partial charge in [0.25, 0.3) is 0 Å². The van der Waals surface area contributed by atoms with Crippen LogP contribution in [0.2, 0.25) is 5.02 Å². The first-order valence-electron chi connectivity index (χ1n) is 10.2. The van der Waals surface area contributed by atoms with E-state index in [4.69, 9.17) is 16.3 Å². The molecule has 3 rings (SSSR count). The highest BCUT2D eigenvalue weighted by Crippen LogP contribution is 2.34. The van der Waals surface area contributed by atoms with Crippen LogP contribution in [0.25, 0.3) is 0 Å². The highest BCUT2D eigenvalue weighted by atomic mass is 35.5. The van der Waals surface area contributed by atoms with Crippen molar-refractivity contribution in [3.8, 4) is 5.75 Å². The number of anilines is 1. The van der Waals surface area contributed by atoms with Crippen LogP contribution < -0.4 is 9.64 Å². The van der Waals surface area contributed by atoms with Gasteiger partial charge in [-0.1, -0.05) is 23.7 Å². The summed E-state index contributed by atoms with van der Waals surface area (Å²) in [4.78, 5) is 28.3. The van der Waals surface area contributed by atoms with E-state index in [2.05, 4.69) is 0 Å². The Kier molecular flexibility index (Phi) is 5.98. The third-order valence-electron chi connectivity index (χ3n) is 5.61. The van der Waals surface area contributed by atoms with Crippen LogP contribution in [0.1, 0.15) is 44.4 Å². The lowest BCUT2D eigenvalue weighted by atomic mass is 10.0. The number of aliphatic carboxylic acids is 1. The van der Waals surface area contributed by atoms with E-state index in [9.17, 15) is 14.7 Å². The monoisotopic (exact) mass is 444 g/mol. The number of carboxylic acid groups (broad SMARTS) is 1. The van der Waals surface area contributed by atoms with Crippen LogP contribution in [-0.2, 0) is 11.3 Å². The van der Waals surface area contributed by atoms with Gasteiger partial charge in [-0.15, -0.1) is 0 Å². The molecular formula is C24H29ClN2O4. The first kappa shape index (κ1) is 22.9. The second-order valence-electron chi connectivity index (χ2n) is 9.22. The second-order valence-corrected chi connectivity index (χ2v) is 9.66. The number of nitrogens with zero attached hydrogens (tertiary/aromatic N) is 2. The van der Waals surface area contributed by atoms with Crippen LogP contribution in [0.15, 0.2) is 36.4 Å². The first-order valence-corrected chi connectivity index (χ1v) is 10.6. The van der Waals surface area contributed by atoms with Crippen molar-refractivity contribution in [1.82, 2.24) is 4.90 Å². The Bertz CT molecular complexity index is 992. The second kappa shape index (κ2) is 8.08. The van der Waals surface area contributed by atoms with Crippen molar-refractivity contribution in [2.75, 3.05) is 11.4 Å². The standard InChI is InChI=1S/C24H29ClN2O4/c1-15-11-17(12-16(2)20(15)31-24(5,6)21(28)29)13-27-22(30)26(14-23(27,3)4)19-9-7-18(25)8-10-19/h7-12H,13-14H2,1-6H3,(H,28,29). The fourth-order valence-corrected chi connectivity index (χ4v) is 3.95. The van der Waals surface area contributed by atoms with Gasteiger partial charge in [0, 0.05) is 17.3 Å². The number of carboxylic acids is 1. The van der Waals surface area contributed by atoms with Gasteiger partial charge in [-0.05, 0) is 82.5 Å². The SMILES string of the molecule is Cc1cc(CN2C(=O)N(c3ccc(Cl)cc3)CC2(C)C)cc(C)c1OC(C)(C)C(=O)O. The molecule has 2 aromatic rings. The van der Waals surface area contributed by atoms with Crippen molar-refractivity contribution in [1.29, 1.82) is 0 Å². The lowest BCUT2D eigenvalue weighted by Crippen LogP contribution is -2.41. The Morgan fingerprint density at radius 1 is 1.16 bits per heavy atom. The molecule has 31 heavy (non-hydrogen) atoms. The van der Waals surface area contributed by atoms with Gasteiger partial charge in [-0.2, -0.15) is 0 Å². The lowest BCUT2D eigenvalue weighted by Gasteiger charge is -2.30. The van der Waals surface area contributed by atoms with E-state index in [1.165, 1.54) is 13.8 Å². The Balaban J connectivity index is 1.85. The molecule has 0 atom stereocenters.